The van der Waals surface area contributed by atoms with E-state index in [1.54, 1.807) is 6.07 Å². The molecule has 2 amide bonds. The quantitative estimate of drug-likeness (QED) is 0.635. The van der Waals surface area contributed by atoms with Gasteiger partial charge in [0, 0.05) is 18.7 Å². The third-order valence-corrected chi connectivity index (χ3v) is 4.12. The fourth-order valence-electron chi connectivity index (χ4n) is 2.76. The predicted molar refractivity (Wildman–Crippen MR) is 89.6 cm³/mol. The molecule has 0 aliphatic carbocycles. The minimum absolute atomic E-state index is 0.0669. The molecule has 0 atom stereocenters. The molecule has 2 aromatic rings. The molecule has 2 N–H and O–H groups in total. The third kappa shape index (κ3) is 3.99. The Morgan fingerprint density at radius 2 is 1.85 bits per heavy atom. The number of hydrogen-bond donors (Lipinski definition) is 2. The molecule has 0 fully saturated rings. The molecule has 1 heterocycles. The molecular weight excluding hydrogens is 364 g/mol. The maximum atomic E-state index is 13.6. The third-order valence-electron chi connectivity index (χ3n) is 4.12. The van der Waals surface area contributed by atoms with Crippen LogP contribution >= 0.6 is 0 Å². The van der Waals surface area contributed by atoms with Gasteiger partial charge < -0.3 is 10.6 Å². The molecule has 0 saturated heterocycles. The van der Waals surface area contributed by atoms with E-state index in [9.17, 15) is 27.2 Å². The topological polar surface area (TPSA) is 58.2 Å². The highest BCUT2D eigenvalue weighted by Gasteiger charge is 2.33. The summed E-state index contributed by atoms with van der Waals surface area (Å²) in [6.07, 6.45) is -4.54. The van der Waals surface area contributed by atoms with Gasteiger partial charge in [-0.2, -0.15) is 13.2 Å². The summed E-state index contributed by atoms with van der Waals surface area (Å²) in [5, 5.41) is 4.87. The molecular formula is C19H14F4N2O2. The van der Waals surface area contributed by atoms with Crippen LogP contribution < -0.4 is 10.6 Å². The second-order valence-electron chi connectivity index (χ2n) is 5.89. The zero-order valence-corrected chi connectivity index (χ0v) is 13.9. The van der Waals surface area contributed by atoms with E-state index in [0.717, 1.165) is 12.1 Å². The van der Waals surface area contributed by atoms with Crippen molar-refractivity contribution in [1.29, 1.82) is 0 Å². The molecule has 4 nitrogen and oxygen atoms in total. The van der Waals surface area contributed by atoms with E-state index < -0.39 is 29.4 Å². The van der Waals surface area contributed by atoms with Crippen molar-refractivity contribution in [2.24, 2.45) is 0 Å². The van der Waals surface area contributed by atoms with Crippen molar-refractivity contribution in [2.75, 3.05) is 6.54 Å². The van der Waals surface area contributed by atoms with E-state index in [1.807, 2.05) is 0 Å². The first-order valence-electron chi connectivity index (χ1n) is 7.98. The first-order valence-corrected chi connectivity index (χ1v) is 7.98. The van der Waals surface area contributed by atoms with Crippen LogP contribution in [0.2, 0.25) is 0 Å². The molecule has 0 unspecified atom stereocenters. The molecule has 0 radical (unpaired) electrons. The SMILES string of the molecule is O=C1NCC(c2cccc(C(F)(F)F)c2)=C1C(=O)NCc1ccccc1F. The fourth-order valence-corrected chi connectivity index (χ4v) is 2.76. The lowest BCUT2D eigenvalue weighted by Crippen LogP contribution is -2.30. The number of benzene rings is 2. The summed E-state index contributed by atoms with van der Waals surface area (Å²) in [7, 11) is 0. The number of alkyl halides is 3. The Balaban J connectivity index is 1.88. The first-order chi connectivity index (χ1) is 12.8. The summed E-state index contributed by atoms with van der Waals surface area (Å²) >= 11 is 0. The zero-order valence-electron chi connectivity index (χ0n) is 13.9. The van der Waals surface area contributed by atoms with Crippen LogP contribution in [0, 0.1) is 5.82 Å². The van der Waals surface area contributed by atoms with Gasteiger partial charge in [0.2, 0.25) is 0 Å². The molecule has 140 valence electrons. The lowest BCUT2D eigenvalue weighted by Gasteiger charge is -2.11. The smallest absolute Gasteiger partial charge is 0.348 e. The molecule has 8 heteroatoms. The van der Waals surface area contributed by atoms with Crippen molar-refractivity contribution >= 4 is 17.4 Å². The van der Waals surface area contributed by atoms with Gasteiger partial charge in [-0.3, -0.25) is 9.59 Å². The largest absolute Gasteiger partial charge is 0.416 e. The first kappa shape index (κ1) is 18.6. The van der Waals surface area contributed by atoms with Crippen LogP contribution in [-0.4, -0.2) is 18.4 Å². The zero-order chi connectivity index (χ0) is 19.6. The summed E-state index contributed by atoms with van der Waals surface area (Å²) in [6, 6.07) is 10.2. The summed E-state index contributed by atoms with van der Waals surface area (Å²) in [5.74, 6) is -1.98. The van der Waals surface area contributed by atoms with Crippen molar-refractivity contribution in [1.82, 2.24) is 10.6 Å². The summed E-state index contributed by atoms with van der Waals surface area (Å²) in [6.45, 7) is -0.221. The van der Waals surface area contributed by atoms with Crippen molar-refractivity contribution in [3.05, 3.63) is 76.6 Å². The van der Waals surface area contributed by atoms with E-state index in [-0.39, 0.29) is 35.4 Å². The number of rotatable bonds is 4. The van der Waals surface area contributed by atoms with Gasteiger partial charge in [0.15, 0.2) is 0 Å². The van der Waals surface area contributed by atoms with Gasteiger partial charge in [-0.25, -0.2) is 4.39 Å². The van der Waals surface area contributed by atoms with Crippen molar-refractivity contribution in [3.8, 4) is 0 Å². The highest BCUT2D eigenvalue weighted by molar-refractivity contribution is 6.26. The van der Waals surface area contributed by atoms with Gasteiger partial charge >= 0.3 is 6.18 Å². The van der Waals surface area contributed by atoms with Gasteiger partial charge in [-0.1, -0.05) is 30.3 Å². The number of amides is 2. The summed E-state index contributed by atoms with van der Waals surface area (Å²) in [4.78, 5) is 24.5. The minimum atomic E-state index is -4.54. The van der Waals surface area contributed by atoms with Crippen molar-refractivity contribution in [3.63, 3.8) is 0 Å². The number of halogens is 4. The normalized spacial score (nSPS) is 14.3. The molecule has 0 spiro atoms. The number of nitrogens with one attached hydrogen (secondary N) is 2. The lowest BCUT2D eigenvalue weighted by atomic mass is 9.99. The fraction of sp³-hybridized carbons (Fsp3) is 0.158. The highest BCUT2D eigenvalue weighted by atomic mass is 19.4. The molecule has 2 aromatic carbocycles. The maximum Gasteiger partial charge on any atom is 0.416 e. The van der Waals surface area contributed by atoms with E-state index in [4.69, 9.17) is 0 Å². The summed E-state index contributed by atoms with van der Waals surface area (Å²) < 4.78 is 52.4. The molecule has 0 saturated carbocycles. The van der Waals surface area contributed by atoms with Crippen LogP contribution in [0.5, 0.6) is 0 Å². The lowest BCUT2D eigenvalue weighted by molar-refractivity contribution is -0.137. The molecule has 0 aromatic heterocycles. The van der Waals surface area contributed by atoms with Crippen LogP contribution in [0.4, 0.5) is 17.6 Å². The van der Waals surface area contributed by atoms with Crippen LogP contribution in [0.3, 0.4) is 0 Å². The van der Waals surface area contributed by atoms with Crippen LogP contribution in [0.1, 0.15) is 16.7 Å². The average Bonchev–Trinajstić information content (AvgIpc) is 3.02. The van der Waals surface area contributed by atoms with E-state index >= 15 is 0 Å². The molecule has 0 bridgehead atoms. The summed E-state index contributed by atoms with van der Waals surface area (Å²) in [5.41, 5.74) is -0.634. The van der Waals surface area contributed by atoms with Gasteiger partial charge in [-0.05, 0) is 29.3 Å². The predicted octanol–water partition coefficient (Wildman–Crippen LogP) is 3.04. The second kappa shape index (κ2) is 7.22. The Morgan fingerprint density at radius 1 is 1.11 bits per heavy atom. The van der Waals surface area contributed by atoms with Crippen molar-refractivity contribution < 1.29 is 27.2 Å². The maximum absolute atomic E-state index is 13.6. The molecule has 1 aliphatic heterocycles. The van der Waals surface area contributed by atoms with Crippen LogP contribution in [-0.2, 0) is 22.3 Å². The molecule has 3 rings (SSSR count). The standard InChI is InChI=1S/C19H14F4N2O2/c20-15-7-2-1-4-12(15)9-24-17(26)16-14(10-25-18(16)27)11-5-3-6-13(8-11)19(21,22)23/h1-8H,9-10H2,(H,24,26)(H,25,27). The highest BCUT2D eigenvalue weighted by Crippen LogP contribution is 2.32. The van der Waals surface area contributed by atoms with Gasteiger partial charge in [0.1, 0.15) is 11.4 Å². The van der Waals surface area contributed by atoms with Crippen LogP contribution in [0.25, 0.3) is 5.57 Å². The number of carbonyl (C=O) groups is 2. The van der Waals surface area contributed by atoms with Gasteiger partial charge in [0.05, 0.1) is 5.56 Å². The average molecular weight is 378 g/mol. The molecule has 1 aliphatic rings. The number of carbonyl (C=O) groups excluding carboxylic acids is 2. The Hall–Kier alpha value is -3.16. The van der Waals surface area contributed by atoms with Gasteiger partial charge in [-0.15, -0.1) is 0 Å². The van der Waals surface area contributed by atoms with Crippen LogP contribution in [0.15, 0.2) is 54.1 Å². The molecule has 27 heavy (non-hydrogen) atoms. The van der Waals surface area contributed by atoms with E-state index in [2.05, 4.69) is 10.6 Å². The van der Waals surface area contributed by atoms with Crippen molar-refractivity contribution in [2.45, 2.75) is 12.7 Å². The Kier molecular flexibility index (Phi) is 4.98. The number of hydrogen-bond acceptors (Lipinski definition) is 2. The Bertz CT molecular complexity index is 935. The Labute approximate surface area is 151 Å². The van der Waals surface area contributed by atoms with E-state index in [0.29, 0.717) is 0 Å². The second-order valence-corrected chi connectivity index (χ2v) is 5.89. The Morgan fingerprint density at radius 3 is 2.56 bits per heavy atom. The minimum Gasteiger partial charge on any atom is -0.348 e. The monoisotopic (exact) mass is 378 g/mol. The van der Waals surface area contributed by atoms with E-state index in [1.165, 1.54) is 30.3 Å². The van der Waals surface area contributed by atoms with Gasteiger partial charge in [0.25, 0.3) is 11.8 Å².